The zero-order valence-electron chi connectivity index (χ0n) is 13.5. The van der Waals surface area contributed by atoms with Gasteiger partial charge in [0.25, 0.3) is 0 Å². The second kappa shape index (κ2) is 12.5. The number of rotatable bonds is 8. The Morgan fingerprint density at radius 2 is 1.95 bits per heavy atom. The van der Waals surface area contributed by atoms with Crippen LogP contribution in [0.15, 0.2) is 4.99 Å². The zero-order chi connectivity index (χ0) is 14.7. The first-order valence-electron chi connectivity index (χ1n) is 7.88. The predicted octanol–water partition coefficient (Wildman–Crippen LogP) is 2.14. The minimum absolute atomic E-state index is 0. The van der Waals surface area contributed by atoms with Gasteiger partial charge in [0.1, 0.15) is 0 Å². The van der Waals surface area contributed by atoms with Crippen molar-refractivity contribution in [3.8, 4) is 0 Å². The summed E-state index contributed by atoms with van der Waals surface area (Å²) in [7, 11) is 1.70. The highest BCUT2D eigenvalue weighted by molar-refractivity contribution is 14.0. The van der Waals surface area contributed by atoms with Crippen LogP contribution in [0.3, 0.4) is 0 Å². The quantitative estimate of drug-likeness (QED) is 0.247. The number of nitrogens with one attached hydrogen (secondary N) is 2. The molecule has 5 nitrogen and oxygen atoms in total. The highest BCUT2D eigenvalue weighted by atomic mass is 127. The van der Waals surface area contributed by atoms with Gasteiger partial charge in [0, 0.05) is 33.4 Å². The van der Waals surface area contributed by atoms with Crippen molar-refractivity contribution in [3.63, 3.8) is 0 Å². The molecule has 0 amide bonds. The molecule has 1 aliphatic carbocycles. The molecular formula is C15H32IN3O2. The number of ether oxygens (including phenoxy) is 1. The smallest absolute Gasteiger partial charge is 0.191 e. The summed E-state index contributed by atoms with van der Waals surface area (Å²) in [5.74, 6) is 0.854. The number of nitrogens with zero attached hydrogens (tertiary/aromatic N) is 1. The summed E-state index contributed by atoms with van der Waals surface area (Å²) in [5.41, 5.74) is 0.205. The molecule has 0 unspecified atom stereocenters. The fourth-order valence-corrected chi connectivity index (χ4v) is 2.89. The number of hydrogen-bond donors (Lipinski definition) is 3. The lowest BCUT2D eigenvalue weighted by atomic mass is 9.72. The maximum atomic E-state index is 9.33. The van der Waals surface area contributed by atoms with E-state index in [1.54, 1.807) is 7.11 Å². The average Bonchev–Trinajstić information content (AvgIpc) is 2.46. The molecule has 126 valence electrons. The first-order valence-corrected chi connectivity index (χ1v) is 7.88. The molecule has 3 N–H and O–H groups in total. The van der Waals surface area contributed by atoms with Crippen LogP contribution < -0.4 is 10.6 Å². The highest BCUT2D eigenvalue weighted by Gasteiger charge is 2.31. The van der Waals surface area contributed by atoms with Gasteiger partial charge in [-0.15, -0.1) is 24.0 Å². The average molecular weight is 413 g/mol. The van der Waals surface area contributed by atoms with E-state index < -0.39 is 0 Å². The fourth-order valence-electron chi connectivity index (χ4n) is 2.89. The Bertz CT molecular complexity index is 277. The van der Waals surface area contributed by atoms with Crippen LogP contribution in [0.2, 0.25) is 0 Å². The lowest BCUT2D eigenvalue weighted by molar-refractivity contribution is 0.137. The summed E-state index contributed by atoms with van der Waals surface area (Å²) in [6.45, 7) is 5.42. The standard InChI is InChI=1S/C15H31N3O2.HI/c1-3-16-14(17-10-12-20-2)18-13-15(9-11-19)7-5-4-6-8-15;/h19H,3-13H2,1-2H3,(H2,16,17,18);1H. The third kappa shape index (κ3) is 8.21. The van der Waals surface area contributed by atoms with Gasteiger partial charge in [0.05, 0.1) is 6.61 Å². The van der Waals surface area contributed by atoms with E-state index >= 15 is 0 Å². The molecule has 6 heteroatoms. The number of hydrogen-bond acceptors (Lipinski definition) is 3. The summed E-state index contributed by atoms with van der Waals surface area (Å²) < 4.78 is 5.04. The number of guanidine groups is 1. The summed E-state index contributed by atoms with van der Waals surface area (Å²) >= 11 is 0. The number of aliphatic hydroxyl groups excluding tert-OH is 1. The lowest BCUT2D eigenvalue weighted by Crippen LogP contribution is -2.40. The number of halogens is 1. The molecule has 0 aromatic heterocycles. The summed E-state index contributed by atoms with van der Waals surface area (Å²) in [6, 6.07) is 0. The van der Waals surface area contributed by atoms with Crippen molar-refractivity contribution in [3.05, 3.63) is 0 Å². The molecule has 0 saturated heterocycles. The van der Waals surface area contributed by atoms with Crippen molar-refractivity contribution in [1.82, 2.24) is 10.6 Å². The van der Waals surface area contributed by atoms with Gasteiger partial charge in [-0.2, -0.15) is 0 Å². The van der Waals surface area contributed by atoms with Gasteiger partial charge >= 0.3 is 0 Å². The Labute approximate surface area is 146 Å². The van der Waals surface area contributed by atoms with Crippen molar-refractivity contribution in [2.24, 2.45) is 10.4 Å². The second-order valence-electron chi connectivity index (χ2n) is 5.65. The Morgan fingerprint density at radius 3 is 2.52 bits per heavy atom. The van der Waals surface area contributed by atoms with Crippen LogP contribution in [-0.2, 0) is 4.74 Å². The van der Waals surface area contributed by atoms with Gasteiger partial charge in [0.2, 0.25) is 0 Å². The van der Waals surface area contributed by atoms with E-state index in [1.807, 2.05) is 0 Å². The van der Waals surface area contributed by atoms with Gasteiger partial charge in [-0.25, -0.2) is 0 Å². The summed E-state index contributed by atoms with van der Waals surface area (Å²) in [6.07, 6.45) is 7.10. The molecule has 1 fully saturated rings. The van der Waals surface area contributed by atoms with Crippen LogP contribution in [-0.4, -0.2) is 51.0 Å². The Morgan fingerprint density at radius 1 is 1.24 bits per heavy atom. The SMILES string of the molecule is CCNC(=NCC1(CCO)CCCCC1)NCCOC.I. The van der Waals surface area contributed by atoms with E-state index in [9.17, 15) is 5.11 Å². The van der Waals surface area contributed by atoms with Crippen LogP contribution in [0.25, 0.3) is 0 Å². The molecule has 21 heavy (non-hydrogen) atoms. The van der Waals surface area contributed by atoms with Crippen LogP contribution in [0.4, 0.5) is 0 Å². The molecule has 0 aliphatic heterocycles. The second-order valence-corrected chi connectivity index (χ2v) is 5.65. The number of aliphatic hydroxyl groups is 1. The number of methoxy groups -OCH3 is 1. The maximum absolute atomic E-state index is 9.33. The largest absolute Gasteiger partial charge is 0.396 e. The highest BCUT2D eigenvalue weighted by Crippen LogP contribution is 2.39. The van der Waals surface area contributed by atoms with E-state index in [1.165, 1.54) is 32.1 Å². The van der Waals surface area contributed by atoms with Crippen LogP contribution >= 0.6 is 24.0 Å². The Hall–Kier alpha value is -0.0800. The molecule has 1 saturated carbocycles. The van der Waals surface area contributed by atoms with Crippen molar-refractivity contribution >= 4 is 29.9 Å². The van der Waals surface area contributed by atoms with Gasteiger partial charge in [-0.1, -0.05) is 19.3 Å². The van der Waals surface area contributed by atoms with Crippen molar-refractivity contribution in [2.45, 2.75) is 45.4 Å². The van der Waals surface area contributed by atoms with E-state index in [0.29, 0.717) is 6.61 Å². The molecule has 0 heterocycles. The van der Waals surface area contributed by atoms with Crippen molar-refractivity contribution in [2.75, 3.05) is 40.0 Å². The maximum Gasteiger partial charge on any atom is 0.191 e. The molecule has 0 aromatic carbocycles. The molecule has 0 radical (unpaired) electrons. The molecule has 0 atom stereocenters. The van der Waals surface area contributed by atoms with Gasteiger partial charge in [-0.05, 0) is 31.6 Å². The zero-order valence-corrected chi connectivity index (χ0v) is 15.8. The third-order valence-corrected chi connectivity index (χ3v) is 4.07. The predicted molar refractivity (Wildman–Crippen MR) is 98.5 cm³/mol. The third-order valence-electron chi connectivity index (χ3n) is 4.07. The van der Waals surface area contributed by atoms with E-state index in [-0.39, 0.29) is 36.0 Å². The van der Waals surface area contributed by atoms with Crippen LogP contribution in [0.5, 0.6) is 0 Å². The lowest BCUT2D eigenvalue weighted by Gasteiger charge is -2.35. The van der Waals surface area contributed by atoms with Gasteiger partial charge in [0.15, 0.2) is 5.96 Å². The topological polar surface area (TPSA) is 65.9 Å². The van der Waals surface area contributed by atoms with Crippen LogP contribution in [0.1, 0.15) is 45.4 Å². The van der Waals surface area contributed by atoms with Gasteiger partial charge < -0.3 is 20.5 Å². The molecule has 1 rings (SSSR count). The first kappa shape index (κ1) is 20.9. The van der Waals surface area contributed by atoms with Gasteiger partial charge in [-0.3, -0.25) is 4.99 Å². The minimum atomic E-state index is 0. The van der Waals surface area contributed by atoms with E-state index in [2.05, 4.69) is 17.6 Å². The van der Waals surface area contributed by atoms with E-state index in [4.69, 9.17) is 9.73 Å². The molecule has 0 bridgehead atoms. The van der Waals surface area contributed by atoms with Crippen molar-refractivity contribution in [1.29, 1.82) is 0 Å². The first-order chi connectivity index (χ1) is 9.76. The monoisotopic (exact) mass is 413 g/mol. The molecule has 1 aliphatic rings. The van der Waals surface area contributed by atoms with Crippen LogP contribution in [0, 0.1) is 5.41 Å². The van der Waals surface area contributed by atoms with Crippen molar-refractivity contribution < 1.29 is 9.84 Å². The van der Waals surface area contributed by atoms with E-state index in [0.717, 1.165) is 32.0 Å². The normalized spacial score (nSPS) is 18.0. The molecule has 0 spiro atoms. The molecular weight excluding hydrogens is 381 g/mol. The Balaban J connectivity index is 0.00000400. The molecule has 0 aromatic rings. The summed E-state index contributed by atoms with van der Waals surface area (Å²) in [4.78, 5) is 4.73. The number of aliphatic imine (C=N–C) groups is 1. The summed E-state index contributed by atoms with van der Waals surface area (Å²) in [5, 5.41) is 15.9. The Kier molecular flexibility index (Phi) is 12.4. The fraction of sp³-hybridized carbons (Fsp3) is 0.933. The minimum Gasteiger partial charge on any atom is -0.396 e.